The Kier molecular flexibility index (Phi) is 3.38. The first kappa shape index (κ1) is 12.0. The number of hydrogen-bond donors (Lipinski definition) is 2. The molecule has 0 spiro atoms. The van der Waals surface area contributed by atoms with Crippen molar-refractivity contribution in [3.05, 3.63) is 51.0 Å². The van der Waals surface area contributed by atoms with Crippen molar-refractivity contribution in [1.82, 2.24) is 9.55 Å². The summed E-state index contributed by atoms with van der Waals surface area (Å²) >= 11 is 4.12. The Morgan fingerprint density at radius 2 is 2.06 bits per heavy atom. The molecule has 0 fully saturated rings. The number of hydrogen-bond acceptors (Lipinski definition) is 3. The molecule has 1 radical (unpaired) electrons. The van der Waals surface area contributed by atoms with Crippen LogP contribution in [0, 0.1) is 5.92 Å². The Morgan fingerprint density at radius 3 is 2.76 bits per heavy atom. The fourth-order valence-corrected chi connectivity index (χ4v) is 1.76. The van der Waals surface area contributed by atoms with Crippen LogP contribution in [0.15, 0.2) is 33.9 Å². The lowest BCUT2D eigenvalue weighted by Crippen LogP contribution is -2.36. The lowest BCUT2D eigenvalue weighted by atomic mass is 10.2. The van der Waals surface area contributed by atoms with Crippen molar-refractivity contribution >= 4 is 23.5 Å². The van der Waals surface area contributed by atoms with E-state index in [0.717, 1.165) is 5.92 Å². The van der Waals surface area contributed by atoms with Gasteiger partial charge in [-0.2, -0.15) is 12.6 Å². The molecule has 0 aliphatic heterocycles. The number of aromatic nitrogens is 2. The largest absolute Gasteiger partial charge is 0.328 e. The molecule has 0 unspecified atom stereocenters. The number of para-hydroxylation sites is 1. The Hall–Kier alpha value is -1.49. The molecule has 4 nitrogen and oxygen atoms in total. The molecule has 0 bridgehead atoms. The number of thiol groups is 1. The molecule has 0 aliphatic rings. The molecule has 1 aromatic heterocycles. The normalized spacial score (nSPS) is 11.2. The third-order valence-electron chi connectivity index (χ3n) is 2.59. The summed E-state index contributed by atoms with van der Waals surface area (Å²) in [6.07, 6.45) is 0. The van der Waals surface area contributed by atoms with E-state index in [2.05, 4.69) is 17.6 Å². The highest BCUT2D eigenvalue weighted by molar-refractivity contribution is 7.80. The van der Waals surface area contributed by atoms with E-state index in [1.165, 1.54) is 4.57 Å². The zero-order chi connectivity index (χ0) is 12.4. The Labute approximate surface area is 104 Å². The predicted molar refractivity (Wildman–Crippen MR) is 71.6 cm³/mol. The van der Waals surface area contributed by atoms with Gasteiger partial charge in [0.15, 0.2) is 0 Å². The van der Waals surface area contributed by atoms with Crippen molar-refractivity contribution < 1.29 is 0 Å². The second-order valence-corrected chi connectivity index (χ2v) is 4.30. The molecule has 89 valence electrons. The van der Waals surface area contributed by atoms with Gasteiger partial charge in [0.2, 0.25) is 0 Å². The smallest absolute Gasteiger partial charge is 0.307 e. The second kappa shape index (κ2) is 4.79. The average Bonchev–Trinajstić information content (AvgIpc) is 2.34. The number of fused-ring (bicyclic) bond motifs is 1. The molecule has 1 aromatic carbocycles. The van der Waals surface area contributed by atoms with Crippen LogP contribution in [0.25, 0.3) is 10.9 Å². The summed E-state index contributed by atoms with van der Waals surface area (Å²) in [7, 11) is 0. The number of rotatable bonds is 3. The van der Waals surface area contributed by atoms with Gasteiger partial charge in [-0.05, 0) is 17.9 Å². The van der Waals surface area contributed by atoms with Crippen molar-refractivity contribution in [3.8, 4) is 0 Å². The summed E-state index contributed by atoms with van der Waals surface area (Å²) in [6.45, 7) is 2.18. The van der Waals surface area contributed by atoms with Crippen LogP contribution in [-0.4, -0.2) is 15.3 Å². The fraction of sp³-hybridized carbons (Fsp3) is 0.250. The monoisotopic (exact) mass is 249 g/mol. The highest BCUT2D eigenvalue weighted by atomic mass is 32.1. The maximum Gasteiger partial charge on any atom is 0.328 e. The molecule has 2 rings (SSSR count). The maximum absolute atomic E-state index is 12.1. The van der Waals surface area contributed by atoms with Crippen molar-refractivity contribution in [2.75, 3.05) is 5.75 Å². The van der Waals surface area contributed by atoms with Gasteiger partial charge in [-0.3, -0.25) is 9.36 Å². The van der Waals surface area contributed by atoms with Crippen LogP contribution < -0.4 is 11.2 Å². The van der Waals surface area contributed by atoms with Gasteiger partial charge in [-0.1, -0.05) is 19.1 Å². The van der Waals surface area contributed by atoms with Gasteiger partial charge >= 0.3 is 5.69 Å². The summed E-state index contributed by atoms with van der Waals surface area (Å²) in [5, 5.41) is 0.527. The summed E-state index contributed by atoms with van der Waals surface area (Å²) in [5.74, 6) is 1.52. The van der Waals surface area contributed by atoms with Gasteiger partial charge in [0.25, 0.3) is 5.56 Å². The van der Waals surface area contributed by atoms with Crippen molar-refractivity contribution in [2.24, 2.45) is 0 Å². The van der Waals surface area contributed by atoms with Gasteiger partial charge in [-0.25, -0.2) is 4.79 Å². The van der Waals surface area contributed by atoms with E-state index in [1.54, 1.807) is 24.3 Å². The van der Waals surface area contributed by atoms with Crippen LogP contribution in [0.4, 0.5) is 0 Å². The highest BCUT2D eigenvalue weighted by Gasteiger charge is 2.09. The van der Waals surface area contributed by atoms with Crippen molar-refractivity contribution in [3.63, 3.8) is 0 Å². The third kappa shape index (κ3) is 2.29. The standard InChI is InChI=1S/C12H13N2O2S/c1-8(7-17)6-14-11(15)9-4-2-3-5-10(9)13-12(14)16/h2-5,17H,6-7H2,1H3,(H,13,16). The Balaban J connectivity index is 2.64. The molecule has 0 saturated carbocycles. The predicted octanol–water partition coefficient (Wildman–Crippen LogP) is 1.21. The minimum absolute atomic E-state index is 0.259. The van der Waals surface area contributed by atoms with Gasteiger partial charge in [0.1, 0.15) is 0 Å². The van der Waals surface area contributed by atoms with Crippen LogP contribution >= 0.6 is 12.6 Å². The zero-order valence-electron chi connectivity index (χ0n) is 9.43. The SMILES string of the molecule is C[C](CS)Cn1c(=O)[nH]c2ccccc2c1=O. The van der Waals surface area contributed by atoms with Gasteiger partial charge in [-0.15, -0.1) is 0 Å². The van der Waals surface area contributed by atoms with E-state index in [9.17, 15) is 9.59 Å². The van der Waals surface area contributed by atoms with Gasteiger partial charge in [0.05, 0.1) is 10.9 Å². The first-order valence-electron chi connectivity index (χ1n) is 5.27. The number of H-pyrrole nitrogens is 1. The van der Waals surface area contributed by atoms with E-state index < -0.39 is 0 Å². The van der Waals surface area contributed by atoms with Crippen LogP contribution in [-0.2, 0) is 6.54 Å². The first-order chi connectivity index (χ1) is 8.13. The fourth-order valence-electron chi connectivity index (χ4n) is 1.66. The van der Waals surface area contributed by atoms with Gasteiger partial charge < -0.3 is 4.98 Å². The van der Waals surface area contributed by atoms with E-state index >= 15 is 0 Å². The summed E-state index contributed by atoms with van der Waals surface area (Å²) < 4.78 is 1.20. The summed E-state index contributed by atoms with van der Waals surface area (Å²) in [4.78, 5) is 26.6. The van der Waals surface area contributed by atoms with E-state index in [0.29, 0.717) is 23.2 Å². The van der Waals surface area contributed by atoms with Gasteiger partial charge in [0, 0.05) is 12.5 Å². The average molecular weight is 249 g/mol. The number of benzene rings is 1. The van der Waals surface area contributed by atoms with Crippen LogP contribution in [0.3, 0.4) is 0 Å². The zero-order valence-corrected chi connectivity index (χ0v) is 10.3. The molecule has 0 aliphatic carbocycles. The Bertz CT molecular complexity index is 645. The van der Waals surface area contributed by atoms with E-state index in [-0.39, 0.29) is 11.2 Å². The topological polar surface area (TPSA) is 54.9 Å². The van der Waals surface area contributed by atoms with Crippen LogP contribution in [0.1, 0.15) is 6.92 Å². The quantitative estimate of drug-likeness (QED) is 0.803. The van der Waals surface area contributed by atoms with E-state index in [4.69, 9.17) is 0 Å². The highest BCUT2D eigenvalue weighted by Crippen LogP contribution is 2.05. The molecule has 0 amide bonds. The minimum atomic E-state index is -0.380. The number of nitrogens with one attached hydrogen (secondary N) is 1. The summed E-state index contributed by atoms with van der Waals surface area (Å²) in [6, 6.07) is 6.99. The molecule has 0 atom stereocenters. The molecule has 2 aromatic rings. The number of nitrogens with zero attached hydrogens (tertiary/aromatic N) is 1. The molecule has 0 saturated heterocycles. The lowest BCUT2D eigenvalue weighted by Gasteiger charge is -2.09. The first-order valence-corrected chi connectivity index (χ1v) is 5.90. The van der Waals surface area contributed by atoms with Crippen LogP contribution in [0.2, 0.25) is 0 Å². The third-order valence-corrected chi connectivity index (χ3v) is 3.13. The molecule has 1 heterocycles. The molecular formula is C12H13N2O2S. The molecule has 5 heteroatoms. The van der Waals surface area contributed by atoms with Crippen LogP contribution in [0.5, 0.6) is 0 Å². The Morgan fingerprint density at radius 1 is 1.35 bits per heavy atom. The molecular weight excluding hydrogens is 236 g/mol. The number of aromatic amines is 1. The van der Waals surface area contributed by atoms with E-state index in [1.807, 2.05) is 6.92 Å². The maximum atomic E-state index is 12.1. The second-order valence-electron chi connectivity index (χ2n) is 3.98. The minimum Gasteiger partial charge on any atom is -0.307 e. The van der Waals surface area contributed by atoms with Crippen molar-refractivity contribution in [2.45, 2.75) is 13.5 Å². The van der Waals surface area contributed by atoms with Crippen molar-refractivity contribution in [1.29, 1.82) is 0 Å². The lowest BCUT2D eigenvalue weighted by molar-refractivity contribution is 0.653. The molecule has 1 N–H and O–H groups in total. The summed E-state index contributed by atoms with van der Waals surface area (Å²) in [5.41, 5.74) is -0.0670. The molecule has 17 heavy (non-hydrogen) atoms.